The van der Waals surface area contributed by atoms with E-state index in [9.17, 15) is 13.6 Å². The van der Waals surface area contributed by atoms with E-state index >= 15 is 0 Å². The highest BCUT2D eigenvalue weighted by Gasteiger charge is 2.27. The lowest BCUT2D eigenvalue weighted by molar-refractivity contribution is -0.116. The second-order valence-corrected chi connectivity index (χ2v) is 5.26. The zero-order valence-electron chi connectivity index (χ0n) is 12.3. The number of benzene rings is 1. The molecular weight excluding hydrogens is 353 g/mol. The second-order valence-electron chi connectivity index (χ2n) is 4.82. The van der Waals surface area contributed by atoms with Crippen LogP contribution in [0.4, 0.5) is 14.5 Å². The maximum absolute atomic E-state index is 12.5. The van der Waals surface area contributed by atoms with Gasteiger partial charge in [0.15, 0.2) is 0 Å². The van der Waals surface area contributed by atoms with Crippen LogP contribution in [-0.4, -0.2) is 49.2 Å². The quantitative estimate of drug-likeness (QED) is 0.782. The molecule has 1 aliphatic rings. The summed E-state index contributed by atoms with van der Waals surface area (Å²) < 4.78 is 34.3. The molecular formula is C14H18Cl2F2N2O3. The Hall–Kier alpha value is -1.15. The lowest BCUT2D eigenvalue weighted by Gasteiger charge is -2.26. The number of carbonyl (C=O) groups excluding carboxylic acids is 1. The van der Waals surface area contributed by atoms with Gasteiger partial charge in [-0.1, -0.05) is 0 Å². The summed E-state index contributed by atoms with van der Waals surface area (Å²) in [6.45, 7) is 3.69. The van der Waals surface area contributed by atoms with Gasteiger partial charge in [-0.05, 0) is 24.3 Å². The summed E-state index contributed by atoms with van der Waals surface area (Å²) in [6.07, 6.45) is 0.359. The molecule has 1 N–H and O–H groups in total. The minimum atomic E-state index is -3.75. The van der Waals surface area contributed by atoms with Crippen molar-refractivity contribution in [3.05, 3.63) is 24.3 Å². The minimum Gasteiger partial charge on any atom is -0.420 e. The van der Waals surface area contributed by atoms with Gasteiger partial charge >= 0.3 is 5.57 Å². The fraction of sp³-hybridized carbons (Fsp3) is 0.500. The monoisotopic (exact) mass is 370 g/mol. The number of nitrogens with zero attached hydrogens (tertiary/aromatic N) is 1. The number of rotatable bonds is 6. The van der Waals surface area contributed by atoms with Crippen LogP contribution >= 0.6 is 24.0 Å². The van der Waals surface area contributed by atoms with Crippen molar-refractivity contribution in [2.45, 2.75) is 12.0 Å². The molecule has 9 heteroatoms. The molecule has 0 aromatic heterocycles. The van der Waals surface area contributed by atoms with Crippen molar-refractivity contribution < 1.29 is 23.0 Å². The molecule has 23 heavy (non-hydrogen) atoms. The molecule has 1 heterocycles. The molecule has 130 valence electrons. The van der Waals surface area contributed by atoms with E-state index in [1.807, 2.05) is 0 Å². The smallest absolute Gasteiger partial charge is 0.420 e. The molecule has 1 saturated heterocycles. The van der Waals surface area contributed by atoms with E-state index in [4.69, 9.17) is 4.74 Å². The van der Waals surface area contributed by atoms with Crippen molar-refractivity contribution in [3.8, 4) is 5.75 Å². The van der Waals surface area contributed by atoms with Crippen LogP contribution in [0.15, 0.2) is 24.3 Å². The fourth-order valence-corrected chi connectivity index (χ4v) is 2.14. The van der Waals surface area contributed by atoms with Crippen LogP contribution in [0.3, 0.4) is 0 Å². The largest absolute Gasteiger partial charge is 0.487 e. The Kier molecular flexibility index (Phi) is 7.98. The van der Waals surface area contributed by atoms with Crippen molar-refractivity contribution in [3.63, 3.8) is 0 Å². The number of nitrogens with one attached hydrogen (secondary N) is 1. The maximum Gasteiger partial charge on any atom is 0.487 e. The Balaban J connectivity index is 0.00000264. The van der Waals surface area contributed by atoms with Gasteiger partial charge in [0.25, 0.3) is 0 Å². The minimum absolute atomic E-state index is 0. The summed E-state index contributed by atoms with van der Waals surface area (Å²) in [5.74, 6) is -0.214. The topological polar surface area (TPSA) is 50.8 Å². The second kappa shape index (κ2) is 9.22. The van der Waals surface area contributed by atoms with Crippen LogP contribution in [0, 0.1) is 0 Å². The van der Waals surface area contributed by atoms with Crippen molar-refractivity contribution >= 4 is 35.6 Å². The zero-order valence-corrected chi connectivity index (χ0v) is 13.8. The van der Waals surface area contributed by atoms with Crippen LogP contribution in [0.2, 0.25) is 0 Å². The molecule has 2 rings (SSSR count). The lowest BCUT2D eigenvalue weighted by Crippen LogP contribution is -2.38. The Labute approximate surface area is 144 Å². The first-order valence-electron chi connectivity index (χ1n) is 6.88. The molecule has 0 aliphatic carbocycles. The lowest BCUT2D eigenvalue weighted by atomic mass is 10.3. The highest BCUT2D eigenvalue weighted by Crippen LogP contribution is 2.25. The Morgan fingerprint density at radius 1 is 1.30 bits per heavy atom. The average molecular weight is 371 g/mol. The standard InChI is InChI=1S/C14H17ClF2N2O3.ClH/c15-14(16,17)22-12-3-1-11(2-4-12)18-13(20)5-6-19-7-9-21-10-8-19;/h1-4H,5-10H2,(H,18,20);1H. The van der Waals surface area contributed by atoms with Gasteiger partial charge < -0.3 is 14.8 Å². The number of carbonyl (C=O) groups is 1. The third-order valence-corrected chi connectivity index (χ3v) is 3.21. The van der Waals surface area contributed by atoms with E-state index in [1.165, 1.54) is 24.3 Å². The van der Waals surface area contributed by atoms with Crippen LogP contribution in [-0.2, 0) is 9.53 Å². The van der Waals surface area contributed by atoms with Crippen LogP contribution in [0.25, 0.3) is 0 Å². The summed E-state index contributed by atoms with van der Waals surface area (Å²) in [5, 5.41) is 2.70. The normalized spacial score (nSPS) is 15.6. The van der Waals surface area contributed by atoms with Gasteiger partial charge in [0.2, 0.25) is 5.91 Å². The van der Waals surface area contributed by atoms with Crippen molar-refractivity contribution in [2.75, 3.05) is 38.2 Å². The number of ether oxygens (including phenoxy) is 2. The highest BCUT2D eigenvalue weighted by atomic mass is 35.5. The molecule has 1 aromatic carbocycles. The summed E-state index contributed by atoms with van der Waals surface area (Å²) in [6, 6.07) is 5.58. The summed E-state index contributed by atoms with van der Waals surface area (Å²) in [4.78, 5) is 14.0. The Bertz CT molecular complexity index is 492. The summed E-state index contributed by atoms with van der Waals surface area (Å²) >= 11 is 4.67. The molecule has 0 atom stereocenters. The van der Waals surface area contributed by atoms with Crippen molar-refractivity contribution in [1.82, 2.24) is 4.90 Å². The van der Waals surface area contributed by atoms with Crippen LogP contribution < -0.4 is 10.1 Å². The molecule has 0 unspecified atom stereocenters. The first-order chi connectivity index (χ1) is 10.4. The molecule has 0 radical (unpaired) electrons. The predicted molar refractivity (Wildman–Crippen MR) is 85.6 cm³/mol. The molecule has 1 amide bonds. The average Bonchev–Trinajstić information content (AvgIpc) is 2.47. The number of hydrogen-bond acceptors (Lipinski definition) is 4. The van der Waals surface area contributed by atoms with Gasteiger partial charge in [0.05, 0.1) is 13.2 Å². The number of hydrogen-bond donors (Lipinski definition) is 1. The van der Waals surface area contributed by atoms with Crippen molar-refractivity contribution in [1.29, 1.82) is 0 Å². The molecule has 0 spiro atoms. The first-order valence-corrected chi connectivity index (χ1v) is 7.26. The molecule has 1 aromatic rings. The third-order valence-electron chi connectivity index (χ3n) is 3.13. The van der Waals surface area contributed by atoms with E-state index < -0.39 is 5.57 Å². The Morgan fingerprint density at radius 3 is 2.48 bits per heavy atom. The number of anilines is 1. The number of morpholine rings is 1. The molecule has 0 saturated carbocycles. The summed E-state index contributed by atoms with van der Waals surface area (Å²) in [5.41, 5.74) is -3.24. The third kappa shape index (κ3) is 7.78. The number of amides is 1. The highest BCUT2D eigenvalue weighted by molar-refractivity contribution is 6.20. The van der Waals surface area contributed by atoms with Crippen LogP contribution in [0.5, 0.6) is 5.75 Å². The maximum atomic E-state index is 12.5. The van der Waals surface area contributed by atoms with Gasteiger partial charge in [0, 0.05) is 43.3 Å². The zero-order chi connectivity index (χ0) is 16.0. The molecule has 1 aliphatic heterocycles. The van der Waals surface area contributed by atoms with Gasteiger partial charge in [-0.2, -0.15) is 0 Å². The van der Waals surface area contributed by atoms with E-state index in [0.29, 0.717) is 31.9 Å². The van der Waals surface area contributed by atoms with Gasteiger partial charge in [-0.3, -0.25) is 9.69 Å². The van der Waals surface area contributed by atoms with Gasteiger partial charge in [-0.15, -0.1) is 21.2 Å². The van der Waals surface area contributed by atoms with Gasteiger partial charge in [0.1, 0.15) is 5.75 Å². The Morgan fingerprint density at radius 2 is 1.91 bits per heavy atom. The summed E-state index contributed by atoms with van der Waals surface area (Å²) in [7, 11) is 0. The van der Waals surface area contributed by atoms with Crippen LogP contribution in [0.1, 0.15) is 6.42 Å². The predicted octanol–water partition coefficient (Wildman–Crippen LogP) is 2.94. The molecule has 0 bridgehead atoms. The van der Waals surface area contributed by atoms with Crippen molar-refractivity contribution in [2.24, 2.45) is 0 Å². The van der Waals surface area contributed by atoms with E-state index in [-0.39, 0.29) is 24.1 Å². The number of halogens is 4. The molecule has 5 nitrogen and oxygen atoms in total. The fourth-order valence-electron chi connectivity index (χ4n) is 2.05. The first kappa shape index (κ1) is 19.9. The number of alkyl halides is 3. The molecule has 1 fully saturated rings. The van der Waals surface area contributed by atoms with E-state index in [2.05, 4.69) is 26.6 Å². The van der Waals surface area contributed by atoms with E-state index in [0.717, 1.165) is 13.1 Å². The SMILES string of the molecule is Cl.O=C(CCN1CCOCC1)Nc1ccc(OC(F)(F)Cl)cc1. The van der Waals surface area contributed by atoms with Gasteiger partial charge in [-0.25, -0.2) is 0 Å². The van der Waals surface area contributed by atoms with E-state index in [1.54, 1.807) is 0 Å².